The second-order valence-electron chi connectivity index (χ2n) is 7.51. The second kappa shape index (κ2) is 6.23. The van der Waals surface area contributed by atoms with Crippen molar-refractivity contribution in [2.45, 2.75) is 59.0 Å². The summed E-state index contributed by atoms with van der Waals surface area (Å²) in [6.07, 6.45) is 3.20. The molecular weight excluding hydrogens is 284 g/mol. The minimum absolute atomic E-state index is 0.102. The average Bonchev–Trinajstić information content (AvgIpc) is 2.68. The summed E-state index contributed by atoms with van der Waals surface area (Å²) in [5.41, 5.74) is 1.07. The maximum atomic E-state index is 11.7. The lowest BCUT2D eigenvalue weighted by atomic mass is 9.64. The zero-order valence-corrected chi connectivity index (χ0v) is 14.4. The first kappa shape index (κ1) is 16.7. The molecule has 2 atom stereocenters. The van der Waals surface area contributed by atoms with Gasteiger partial charge in [-0.25, -0.2) is 0 Å². The summed E-state index contributed by atoms with van der Waals surface area (Å²) in [5, 5.41) is 15.4. The van der Waals surface area contributed by atoms with Crippen LogP contribution in [0.2, 0.25) is 0 Å². The van der Waals surface area contributed by atoms with Crippen molar-refractivity contribution in [3.05, 3.63) is 20.7 Å². The summed E-state index contributed by atoms with van der Waals surface area (Å²) < 4.78 is 1.81. The zero-order valence-electron chi connectivity index (χ0n) is 13.6. The van der Waals surface area contributed by atoms with E-state index in [4.69, 9.17) is 0 Å². The van der Waals surface area contributed by atoms with Crippen molar-refractivity contribution < 1.29 is 5.11 Å². The Balaban J connectivity index is 2.01. The Morgan fingerprint density at radius 3 is 2.71 bits per heavy atom. The van der Waals surface area contributed by atoms with Gasteiger partial charge >= 0.3 is 4.87 Å². The number of aliphatic hydroxyl groups excluding tert-OH is 1. The molecule has 2 unspecified atom stereocenters. The van der Waals surface area contributed by atoms with Crippen LogP contribution in [-0.2, 0) is 6.54 Å². The van der Waals surface area contributed by atoms with Gasteiger partial charge in [-0.1, -0.05) is 32.1 Å². The minimum Gasteiger partial charge on any atom is -0.394 e. The van der Waals surface area contributed by atoms with Crippen LogP contribution in [0, 0.1) is 18.3 Å². The van der Waals surface area contributed by atoms with Gasteiger partial charge < -0.3 is 15.0 Å². The molecule has 1 aromatic heterocycles. The second-order valence-corrected chi connectivity index (χ2v) is 8.33. The molecule has 120 valence electrons. The molecular formula is C16H28N2O2S. The molecule has 1 aromatic rings. The van der Waals surface area contributed by atoms with Crippen LogP contribution in [0.3, 0.4) is 0 Å². The highest BCUT2D eigenvalue weighted by Gasteiger charge is 2.42. The average molecular weight is 312 g/mol. The molecule has 1 saturated carbocycles. The predicted molar refractivity (Wildman–Crippen MR) is 87.9 cm³/mol. The first-order valence-corrected chi connectivity index (χ1v) is 8.66. The van der Waals surface area contributed by atoms with Gasteiger partial charge in [0.05, 0.1) is 6.61 Å². The van der Waals surface area contributed by atoms with Crippen LogP contribution in [-0.4, -0.2) is 28.4 Å². The Morgan fingerprint density at radius 2 is 2.19 bits per heavy atom. The van der Waals surface area contributed by atoms with E-state index in [2.05, 4.69) is 26.1 Å². The van der Waals surface area contributed by atoms with Gasteiger partial charge in [0.25, 0.3) is 0 Å². The lowest BCUT2D eigenvalue weighted by Crippen LogP contribution is -2.56. The van der Waals surface area contributed by atoms with Crippen molar-refractivity contribution >= 4 is 11.3 Å². The van der Waals surface area contributed by atoms with Crippen LogP contribution in [0.1, 0.15) is 45.7 Å². The summed E-state index contributed by atoms with van der Waals surface area (Å²) >= 11 is 1.25. The number of aromatic nitrogens is 1. The topological polar surface area (TPSA) is 54.3 Å². The maximum absolute atomic E-state index is 11.7. The lowest BCUT2D eigenvalue weighted by molar-refractivity contribution is 0.0360. The van der Waals surface area contributed by atoms with E-state index in [1.165, 1.54) is 17.8 Å². The maximum Gasteiger partial charge on any atom is 0.307 e. The van der Waals surface area contributed by atoms with Crippen LogP contribution in [0.5, 0.6) is 0 Å². The number of nitrogens with one attached hydrogen (secondary N) is 1. The van der Waals surface area contributed by atoms with E-state index >= 15 is 0 Å². The summed E-state index contributed by atoms with van der Waals surface area (Å²) in [6, 6.07) is 0. The Bertz CT molecular complexity index is 535. The SMILES string of the molecule is Cc1csc(=O)n1CCNC1(CO)CC(C)CC(C)(C)C1. The molecule has 1 heterocycles. The van der Waals surface area contributed by atoms with E-state index in [0.29, 0.717) is 12.5 Å². The van der Waals surface area contributed by atoms with Gasteiger partial charge in [0, 0.05) is 29.7 Å². The molecule has 0 saturated heterocycles. The van der Waals surface area contributed by atoms with Gasteiger partial charge in [0.2, 0.25) is 0 Å². The number of aryl methyl sites for hydroxylation is 1. The molecule has 1 aliphatic rings. The van der Waals surface area contributed by atoms with Gasteiger partial charge in [-0.05, 0) is 37.5 Å². The summed E-state index contributed by atoms with van der Waals surface area (Å²) in [7, 11) is 0. The Kier molecular flexibility index (Phi) is 4.96. The first-order chi connectivity index (χ1) is 9.77. The van der Waals surface area contributed by atoms with Crippen molar-refractivity contribution in [1.29, 1.82) is 0 Å². The number of hydrogen-bond acceptors (Lipinski definition) is 4. The highest BCUT2D eigenvalue weighted by atomic mass is 32.1. The van der Waals surface area contributed by atoms with Gasteiger partial charge in [-0.3, -0.25) is 4.79 Å². The van der Waals surface area contributed by atoms with Crippen LogP contribution < -0.4 is 10.2 Å². The number of aliphatic hydroxyl groups is 1. The summed E-state index contributed by atoms with van der Waals surface area (Å²) in [4.78, 5) is 11.8. The molecule has 4 nitrogen and oxygen atoms in total. The zero-order chi connectivity index (χ0) is 15.7. The van der Waals surface area contributed by atoms with Crippen molar-refractivity contribution in [1.82, 2.24) is 9.88 Å². The normalized spacial score (nSPS) is 28.7. The fourth-order valence-corrected chi connectivity index (χ4v) is 4.92. The van der Waals surface area contributed by atoms with E-state index < -0.39 is 0 Å². The predicted octanol–water partition coefficient (Wildman–Crippen LogP) is 2.39. The van der Waals surface area contributed by atoms with Gasteiger partial charge in [0.1, 0.15) is 0 Å². The van der Waals surface area contributed by atoms with Crippen molar-refractivity contribution in [2.24, 2.45) is 11.3 Å². The van der Waals surface area contributed by atoms with Gasteiger partial charge in [-0.15, -0.1) is 0 Å². The van der Waals surface area contributed by atoms with Gasteiger partial charge in [-0.2, -0.15) is 0 Å². The fourth-order valence-electron chi connectivity index (χ4n) is 4.16. The third-order valence-electron chi connectivity index (χ3n) is 4.57. The quantitative estimate of drug-likeness (QED) is 0.878. The first-order valence-electron chi connectivity index (χ1n) is 7.78. The number of rotatable bonds is 5. The number of thiazole rings is 1. The molecule has 0 bridgehead atoms. The Morgan fingerprint density at radius 1 is 1.48 bits per heavy atom. The van der Waals surface area contributed by atoms with E-state index in [-0.39, 0.29) is 22.4 Å². The largest absolute Gasteiger partial charge is 0.394 e. The molecule has 0 amide bonds. The summed E-state index contributed by atoms with van der Waals surface area (Å²) in [5.74, 6) is 0.610. The number of nitrogens with zero attached hydrogens (tertiary/aromatic N) is 1. The molecule has 1 aliphatic carbocycles. The lowest BCUT2D eigenvalue weighted by Gasteiger charge is -2.47. The molecule has 2 rings (SSSR count). The molecule has 0 radical (unpaired) electrons. The van der Waals surface area contributed by atoms with Crippen LogP contribution >= 0.6 is 11.3 Å². The minimum atomic E-state index is -0.200. The van der Waals surface area contributed by atoms with Gasteiger partial charge in [0.15, 0.2) is 0 Å². The van der Waals surface area contributed by atoms with Crippen molar-refractivity contribution in [2.75, 3.05) is 13.2 Å². The number of hydrogen-bond donors (Lipinski definition) is 2. The van der Waals surface area contributed by atoms with Crippen LogP contribution in [0.4, 0.5) is 0 Å². The fraction of sp³-hybridized carbons (Fsp3) is 0.812. The molecule has 0 spiro atoms. The van der Waals surface area contributed by atoms with Crippen LogP contribution in [0.15, 0.2) is 10.2 Å². The molecule has 0 aliphatic heterocycles. The highest BCUT2D eigenvalue weighted by Crippen LogP contribution is 2.43. The third-order valence-corrected chi connectivity index (χ3v) is 5.45. The molecule has 21 heavy (non-hydrogen) atoms. The van der Waals surface area contributed by atoms with E-state index in [0.717, 1.165) is 25.1 Å². The standard InChI is InChI=1S/C16H28N2O2S/c1-12-7-15(3,4)10-16(8-12,11-19)17-5-6-18-13(2)9-21-14(18)20/h9,12,17,19H,5-8,10-11H2,1-4H3. The van der Waals surface area contributed by atoms with Crippen LogP contribution in [0.25, 0.3) is 0 Å². The molecule has 2 N–H and O–H groups in total. The van der Waals surface area contributed by atoms with E-state index in [9.17, 15) is 9.90 Å². The third kappa shape index (κ3) is 3.96. The monoisotopic (exact) mass is 312 g/mol. The molecule has 5 heteroatoms. The van der Waals surface area contributed by atoms with E-state index in [1.54, 1.807) is 4.57 Å². The Hall–Kier alpha value is -0.650. The van der Waals surface area contributed by atoms with Crippen molar-refractivity contribution in [3.63, 3.8) is 0 Å². The molecule has 0 aromatic carbocycles. The molecule has 1 fully saturated rings. The smallest absolute Gasteiger partial charge is 0.307 e. The summed E-state index contributed by atoms with van der Waals surface area (Å²) in [6.45, 7) is 10.3. The Labute approximate surface area is 131 Å². The highest BCUT2D eigenvalue weighted by molar-refractivity contribution is 7.07. The van der Waals surface area contributed by atoms with E-state index in [1.807, 2.05) is 12.3 Å². The van der Waals surface area contributed by atoms with Crippen molar-refractivity contribution in [3.8, 4) is 0 Å².